The van der Waals surface area contributed by atoms with Crippen molar-refractivity contribution in [1.82, 2.24) is 14.8 Å². The van der Waals surface area contributed by atoms with Crippen molar-refractivity contribution >= 4 is 28.2 Å². The van der Waals surface area contributed by atoms with Crippen molar-refractivity contribution in [2.45, 2.75) is 25.3 Å². The van der Waals surface area contributed by atoms with Crippen LogP contribution in [0.5, 0.6) is 0 Å². The van der Waals surface area contributed by atoms with Crippen LogP contribution in [0, 0.1) is 0 Å². The van der Waals surface area contributed by atoms with Crippen LogP contribution in [0.3, 0.4) is 0 Å². The van der Waals surface area contributed by atoms with Crippen LogP contribution in [0.15, 0.2) is 40.1 Å². The third-order valence-electron chi connectivity index (χ3n) is 5.22. The zero-order valence-electron chi connectivity index (χ0n) is 14.6. The third-order valence-corrected chi connectivity index (χ3v) is 6.07. The lowest BCUT2D eigenvalue weighted by Crippen LogP contribution is -2.48. The van der Waals surface area contributed by atoms with Crippen molar-refractivity contribution < 1.29 is 9.21 Å². The van der Waals surface area contributed by atoms with Crippen LogP contribution in [0.1, 0.15) is 40.0 Å². The first-order valence-corrected chi connectivity index (χ1v) is 10.1. The first-order chi connectivity index (χ1) is 12.8. The number of hydrogen-bond acceptors (Lipinski definition) is 5. The minimum Gasteiger partial charge on any atom is -0.451 e. The van der Waals surface area contributed by atoms with Gasteiger partial charge in [-0.25, -0.2) is 4.98 Å². The second-order valence-electron chi connectivity index (χ2n) is 7.16. The van der Waals surface area contributed by atoms with E-state index in [1.165, 1.54) is 23.5 Å². The summed E-state index contributed by atoms with van der Waals surface area (Å²) >= 11 is 1.77. The first kappa shape index (κ1) is 16.0. The SMILES string of the molecule is O=C(c1cc2ccccc2o1)N1CCN(Cc2nc(C3CC3)cs2)CC1. The second kappa shape index (κ2) is 6.52. The molecule has 2 fully saturated rings. The largest absolute Gasteiger partial charge is 0.451 e. The molecule has 0 atom stereocenters. The highest BCUT2D eigenvalue weighted by molar-refractivity contribution is 7.09. The molecule has 0 unspecified atom stereocenters. The Kier molecular flexibility index (Phi) is 4.02. The van der Waals surface area contributed by atoms with Crippen LogP contribution in [0.25, 0.3) is 11.0 Å². The minimum atomic E-state index is -0.00822. The summed E-state index contributed by atoms with van der Waals surface area (Å²) in [5, 5.41) is 4.39. The van der Waals surface area contributed by atoms with E-state index in [0.717, 1.165) is 49.6 Å². The third kappa shape index (κ3) is 3.15. The fourth-order valence-corrected chi connectivity index (χ4v) is 4.42. The molecule has 0 N–H and O–H groups in total. The summed E-state index contributed by atoms with van der Waals surface area (Å²) in [7, 11) is 0. The van der Waals surface area contributed by atoms with Crippen LogP contribution >= 0.6 is 11.3 Å². The number of aromatic nitrogens is 1. The van der Waals surface area contributed by atoms with Gasteiger partial charge in [-0.3, -0.25) is 9.69 Å². The van der Waals surface area contributed by atoms with Crippen molar-refractivity contribution in [1.29, 1.82) is 0 Å². The molecule has 5 rings (SSSR count). The number of furan rings is 1. The highest BCUT2D eigenvalue weighted by Crippen LogP contribution is 2.40. The van der Waals surface area contributed by atoms with Crippen molar-refractivity contribution in [2.24, 2.45) is 0 Å². The van der Waals surface area contributed by atoms with E-state index < -0.39 is 0 Å². The fraction of sp³-hybridized carbons (Fsp3) is 0.400. The van der Waals surface area contributed by atoms with Gasteiger partial charge in [0.25, 0.3) is 5.91 Å². The van der Waals surface area contributed by atoms with Gasteiger partial charge >= 0.3 is 0 Å². The van der Waals surface area contributed by atoms with E-state index in [4.69, 9.17) is 9.40 Å². The zero-order valence-corrected chi connectivity index (χ0v) is 15.4. The van der Waals surface area contributed by atoms with Crippen LogP contribution < -0.4 is 0 Å². The lowest BCUT2D eigenvalue weighted by atomic mass is 10.2. The number of thiazole rings is 1. The van der Waals surface area contributed by atoms with E-state index in [0.29, 0.717) is 5.76 Å². The molecule has 3 heterocycles. The number of para-hydroxylation sites is 1. The molecule has 2 aromatic heterocycles. The Hall–Kier alpha value is -2.18. The van der Waals surface area contributed by atoms with Gasteiger partial charge in [0.1, 0.15) is 10.6 Å². The monoisotopic (exact) mass is 367 g/mol. The summed E-state index contributed by atoms with van der Waals surface area (Å²) in [5.74, 6) is 1.15. The van der Waals surface area contributed by atoms with E-state index in [-0.39, 0.29) is 5.91 Å². The Morgan fingerprint density at radius 2 is 2.00 bits per heavy atom. The molecule has 3 aromatic rings. The average molecular weight is 367 g/mol. The zero-order chi connectivity index (χ0) is 17.5. The molecular formula is C20H21N3O2S. The number of carbonyl (C=O) groups excluding carboxylic acids is 1. The lowest BCUT2D eigenvalue weighted by Gasteiger charge is -2.33. The number of amides is 1. The van der Waals surface area contributed by atoms with E-state index >= 15 is 0 Å². The predicted octanol–water partition coefficient (Wildman–Crippen LogP) is 3.72. The molecule has 1 amide bonds. The quantitative estimate of drug-likeness (QED) is 0.705. The lowest BCUT2D eigenvalue weighted by molar-refractivity contribution is 0.0600. The molecule has 6 heteroatoms. The average Bonchev–Trinajstić information content (AvgIpc) is 3.26. The maximum atomic E-state index is 12.7. The molecule has 0 bridgehead atoms. The van der Waals surface area contributed by atoms with E-state index in [1.54, 1.807) is 11.3 Å². The van der Waals surface area contributed by atoms with Gasteiger partial charge in [0.2, 0.25) is 0 Å². The van der Waals surface area contributed by atoms with Gasteiger partial charge in [0.15, 0.2) is 5.76 Å². The van der Waals surface area contributed by atoms with Crippen molar-refractivity contribution in [3.05, 3.63) is 52.2 Å². The molecule has 26 heavy (non-hydrogen) atoms. The number of hydrogen-bond donors (Lipinski definition) is 0. The molecule has 1 aliphatic heterocycles. The molecule has 1 saturated heterocycles. The number of nitrogens with zero attached hydrogens (tertiary/aromatic N) is 3. The van der Waals surface area contributed by atoms with Crippen LogP contribution in [0.2, 0.25) is 0 Å². The van der Waals surface area contributed by atoms with Gasteiger partial charge in [0, 0.05) is 42.9 Å². The van der Waals surface area contributed by atoms with Crippen molar-refractivity contribution in [3.63, 3.8) is 0 Å². The van der Waals surface area contributed by atoms with Gasteiger partial charge in [0.05, 0.1) is 12.2 Å². The molecule has 0 radical (unpaired) electrons. The van der Waals surface area contributed by atoms with E-state index in [9.17, 15) is 4.79 Å². The molecule has 5 nitrogen and oxygen atoms in total. The number of benzene rings is 1. The maximum absolute atomic E-state index is 12.7. The molecule has 1 aromatic carbocycles. The number of rotatable bonds is 4. The summed E-state index contributed by atoms with van der Waals surface area (Å²) in [6, 6.07) is 9.59. The Balaban J connectivity index is 1.20. The van der Waals surface area contributed by atoms with E-state index in [1.807, 2.05) is 35.2 Å². The second-order valence-corrected chi connectivity index (χ2v) is 8.10. The Bertz CT molecular complexity index is 902. The molecule has 1 saturated carbocycles. The Morgan fingerprint density at radius 1 is 1.19 bits per heavy atom. The van der Waals surface area contributed by atoms with Crippen LogP contribution in [0.4, 0.5) is 0 Å². The minimum absolute atomic E-state index is 0.00822. The van der Waals surface area contributed by atoms with Gasteiger partial charge in [-0.1, -0.05) is 18.2 Å². The van der Waals surface area contributed by atoms with Gasteiger partial charge in [-0.2, -0.15) is 0 Å². The smallest absolute Gasteiger partial charge is 0.289 e. The van der Waals surface area contributed by atoms with Crippen LogP contribution in [-0.4, -0.2) is 46.9 Å². The summed E-state index contributed by atoms with van der Waals surface area (Å²) in [4.78, 5) is 21.8. The van der Waals surface area contributed by atoms with Crippen molar-refractivity contribution in [2.75, 3.05) is 26.2 Å². The summed E-state index contributed by atoms with van der Waals surface area (Å²) in [6.45, 7) is 4.12. The van der Waals surface area contributed by atoms with E-state index in [2.05, 4.69) is 10.3 Å². The molecule has 2 aliphatic rings. The number of piperazine rings is 1. The highest BCUT2D eigenvalue weighted by atomic mass is 32.1. The molecular weight excluding hydrogens is 346 g/mol. The highest BCUT2D eigenvalue weighted by Gasteiger charge is 2.27. The Morgan fingerprint density at radius 3 is 2.77 bits per heavy atom. The first-order valence-electron chi connectivity index (χ1n) is 9.21. The molecule has 0 spiro atoms. The summed E-state index contributed by atoms with van der Waals surface area (Å²) < 4.78 is 5.72. The topological polar surface area (TPSA) is 49.6 Å². The van der Waals surface area contributed by atoms with Crippen molar-refractivity contribution in [3.8, 4) is 0 Å². The maximum Gasteiger partial charge on any atom is 0.289 e. The molecule has 134 valence electrons. The number of fused-ring (bicyclic) bond motifs is 1. The predicted molar refractivity (Wildman–Crippen MR) is 101 cm³/mol. The summed E-state index contributed by atoms with van der Waals surface area (Å²) in [5.41, 5.74) is 2.05. The van der Waals surface area contributed by atoms with Gasteiger partial charge in [-0.05, 0) is 25.0 Å². The number of carbonyl (C=O) groups is 1. The van der Waals surface area contributed by atoms with Gasteiger partial charge in [-0.15, -0.1) is 11.3 Å². The van der Waals surface area contributed by atoms with Gasteiger partial charge < -0.3 is 9.32 Å². The fourth-order valence-electron chi connectivity index (χ4n) is 3.51. The molecule has 1 aliphatic carbocycles. The summed E-state index contributed by atoms with van der Waals surface area (Å²) in [6.07, 6.45) is 2.59. The Labute approximate surface area is 156 Å². The standard InChI is InChI=1S/C20H21N3O2S/c24-20(18-11-15-3-1-2-4-17(15)25-18)23-9-7-22(8-10-23)12-19-21-16(13-26-19)14-5-6-14/h1-4,11,13-14H,5-10,12H2. The van der Waals surface area contributed by atoms with Crippen LogP contribution in [-0.2, 0) is 6.54 Å². The normalized spacial score (nSPS) is 18.5.